The Labute approximate surface area is 565 Å². The van der Waals surface area contributed by atoms with Gasteiger partial charge in [0, 0.05) is 0 Å². The van der Waals surface area contributed by atoms with Crippen LogP contribution in [0.4, 0.5) is 0 Å². The molecular weight excluding hydrogens is 1300 g/mol. The predicted molar refractivity (Wildman–Crippen MR) is 341 cm³/mol. The van der Waals surface area contributed by atoms with Crippen molar-refractivity contribution < 1.29 is 118 Å². The average Bonchev–Trinajstić information content (AvgIpc) is 0.868. The van der Waals surface area contributed by atoms with Crippen molar-refractivity contribution in [2.45, 2.75) is 200 Å². The Morgan fingerprint density at radius 3 is 0.980 bits per heavy atom. The highest BCUT2D eigenvalue weighted by atomic mass is 16.4. The summed E-state index contributed by atoms with van der Waals surface area (Å²) in [6.07, 6.45) is -2.70. The van der Waals surface area contributed by atoms with Crippen LogP contribution in [-0.2, 0) is 76.7 Å². The molecule has 17 atom stereocenters. The zero-order valence-electron chi connectivity index (χ0n) is 57.1. The molecule has 40 nitrogen and oxygen atoms in total. The lowest BCUT2D eigenvalue weighted by atomic mass is 9.96. The molecule has 0 heterocycles. The fourth-order valence-electron chi connectivity index (χ4n) is 8.40. The molecule has 0 aromatic rings. The van der Waals surface area contributed by atoms with Gasteiger partial charge >= 0.3 is 5.97 Å². The molecule has 0 aromatic carbocycles. The highest BCUT2D eigenvalue weighted by Crippen LogP contribution is 2.13. The molecule has 0 fully saturated rings. The van der Waals surface area contributed by atoms with Crippen LogP contribution >= 0.6 is 0 Å². The molecule has 0 aromatic heterocycles. The van der Waals surface area contributed by atoms with Gasteiger partial charge in [-0.05, 0) is 64.7 Å². The minimum Gasteiger partial charge on any atom is -0.480 e. The standard InChI is InChI=1S/C58H102N16O24/c1-14-26(8)43(56(95)67-32(15-23(2)3)48(87)70-37(22-79)58(97)98)73-51(90)34(19-76)66-39(83)17-61-54(93)41(24(4)5)71-46(85)28(10)62-45(84)27(9)63-49(88)35(20-77)69-57(96)44(31(13)81)74-52(91)36(21-78)68-50(89)33(18-75)65-38(82)16-60-55(94)42(25(6)7)72-47(86)29(11)64-53(92)40(59)30(12)80/h23-37,40-44,75-81H,14-22,59H2,1-13H3,(H,60,94)(H,61,93)(H,62,84)(H,63,88)(H,64,92)(H,65,82)(H,66,83)(H,67,95)(H,68,89)(H,69,96)(H,70,87)(H,71,85)(H,72,86)(H,73,90)(H,74,91)(H,97,98)/t26-,27-,28-,29-,30+,31+,32-,33-,34-,35-,36-,37-,40-,41-,42-,43-,44-/m0/s1. The van der Waals surface area contributed by atoms with Crippen molar-refractivity contribution in [2.24, 2.45) is 29.4 Å². The lowest BCUT2D eigenvalue weighted by Crippen LogP contribution is -2.62. The SMILES string of the molecule is CC[C@H](C)[C@H](NC(=O)[C@H](CO)NC(=O)CNC(=O)[C@@H](NC(=O)[C@H](C)NC(=O)[C@H](C)NC(=O)[C@H](CO)NC(=O)[C@@H](NC(=O)[C@H](CO)NC(=O)[C@H](CO)NC(=O)CNC(=O)[C@@H](NC(=O)[C@H](C)NC(=O)[C@@H](N)[C@@H](C)O)C(C)C)[C@@H](C)O)C(C)C)C(=O)N[C@@H](CC(C)C)C(=O)N[C@@H](CO)C(=O)O. The van der Waals surface area contributed by atoms with Crippen molar-refractivity contribution >= 4 is 94.6 Å². The number of hydrogen-bond donors (Lipinski definition) is 24. The molecule has 0 aliphatic rings. The van der Waals surface area contributed by atoms with Gasteiger partial charge in [0.05, 0.1) is 58.3 Å². The Bertz CT molecular complexity index is 2760. The molecule has 0 bridgehead atoms. The number of aliphatic hydroxyl groups is 7. The largest absolute Gasteiger partial charge is 0.480 e. The molecule has 0 rings (SSSR count). The molecule has 0 aliphatic carbocycles. The molecule has 0 saturated heterocycles. The van der Waals surface area contributed by atoms with E-state index in [0.29, 0.717) is 6.42 Å². The van der Waals surface area contributed by atoms with E-state index in [1.54, 1.807) is 41.5 Å². The summed E-state index contributed by atoms with van der Waals surface area (Å²) < 4.78 is 0. The normalized spacial score (nSPS) is 16.4. The predicted octanol–water partition coefficient (Wildman–Crippen LogP) is -11.9. The molecule has 0 radical (unpaired) electrons. The minimum absolute atomic E-state index is 0.0242. The van der Waals surface area contributed by atoms with Gasteiger partial charge in [-0.3, -0.25) is 71.9 Å². The van der Waals surface area contributed by atoms with Crippen LogP contribution in [0.15, 0.2) is 0 Å². The van der Waals surface area contributed by atoms with Gasteiger partial charge < -0.3 is 126 Å². The highest BCUT2D eigenvalue weighted by molar-refractivity contribution is 6.00. The quantitative estimate of drug-likeness (QED) is 0.0269. The van der Waals surface area contributed by atoms with E-state index < -0.39 is 255 Å². The monoisotopic (exact) mass is 1410 g/mol. The summed E-state index contributed by atoms with van der Waals surface area (Å²) in [4.78, 5) is 208. The molecule has 40 heteroatoms. The van der Waals surface area contributed by atoms with Crippen molar-refractivity contribution in [1.82, 2.24) is 79.8 Å². The first-order valence-corrected chi connectivity index (χ1v) is 31.4. The van der Waals surface area contributed by atoms with Gasteiger partial charge in [-0.1, -0.05) is 61.8 Å². The summed E-state index contributed by atoms with van der Waals surface area (Å²) >= 11 is 0. The number of carboxylic acid groups (broad SMARTS) is 1. The van der Waals surface area contributed by atoms with Gasteiger partial charge in [0.1, 0.15) is 84.6 Å². The fraction of sp³-hybridized carbons (Fsp3) is 0.724. The van der Waals surface area contributed by atoms with E-state index in [0.717, 1.165) is 13.8 Å². The van der Waals surface area contributed by atoms with E-state index in [-0.39, 0.29) is 12.3 Å². The number of carbonyl (C=O) groups excluding carboxylic acids is 15. The van der Waals surface area contributed by atoms with Crippen LogP contribution in [-0.4, -0.2) is 278 Å². The second-order valence-corrected chi connectivity index (χ2v) is 24.3. The molecule has 0 unspecified atom stereocenters. The fourth-order valence-corrected chi connectivity index (χ4v) is 8.40. The van der Waals surface area contributed by atoms with Crippen LogP contribution in [0.3, 0.4) is 0 Å². The van der Waals surface area contributed by atoms with Crippen LogP contribution in [0.5, 0.6) is 0 Å². The maximum absolute atomic E-state index is 13.6. The molecule has 15 amide bonds. The molecule has 558 valence electrons. The van der Waals surface area contributed by atoms with E-state index in [1.807, 2.05) is 10.6 Å². The van der Waals surface area contributed by atoms with E-state index in [2.05, 4.69) is 69.1 Å². The lowest BCUT2D eigenvalue weighted by molar-refractivity contribution is -0.143. The van der Waals surface area contributed by atoms with Gasteiger partial charge in [-0.15, -0.1) is 0 Å². The lowest BCUT2D eigenvalue weighted by Gasteiger charge is -2.29. The van der Waals surface area contributed by atoms with Crippen molar-refractivity contribution in [3.05, 3.63) is 0 Å². The second kappa shape index (κ2) is 44.2. The number of carboxylic acids is 1. The van der Waals surface area contributed by atoms with Gasteiger partial charge in [-0.25, -0.2) is 4.79 Å². The number of aliphatic carboxylic acids is 1. The molecular formula is C58H102N16O24. The maximum atomic E-state index is 13.6. The number of nitrogens with one attached hydrogen (secondary N) is 15. The van der Waals surface area contributed by atoms with E-state index >= 15 is 0 Å². The smallest absolute Gasteiger partial charge is 0.328 e. The van der Waals surface area contributed by atoms with Crippen molar-refractivity contribution in [2.75, 3.05) is 46.1 Å². The van der Waals surface area contributed by atoms with Gasteiger partial charge in [0.15, 0.2) is 0 Å². The number of nitrogens with two attached hydrogens (primary N) is 1. The van der Waals surface area contributed by atoms with Crippen LogP contribution < -0.4 is 85.5 Å². The summed E-state index contributed by atoms with van der Waals surface area (Å²) in [6.45, 7) is 11.7. The third-order valence-electron chi connectivity index (χ3n) is 14.7. The van der Waals surface area contributed by atoms with Gasteiger partial charge in [0.2, 0.25) is 88.6 Å². The van der Waals surface area contributed by atoms with Crippen LogP contribution in [0.2, 0.25) is 0 Å². The Morgan fingerprint density at radius 1 is 0.327 bits per heavy atom. The number of aliphatic hydroxyl groups excluding tert-OH is 7. The molecule has 0 saturated carbocycles. The van der Waals surface area contributed by atoms with Crippen LogP contribution in [0, 0.1) is 23.7 Å². The van der Waals surface area contributed by atoms with Crippen LogP contribution in [0.1, 0.15) is 103 Å². The van der Waals surface area contributed by atoms with Gasteiger partial charge in [-0.2, -0.15) is 0 Å². The summed E-state index contributed by atoms with van der Waals surface area (Å²) in [5.74, 6) is -19.2. The minimum atomic E-state index is -1.98. The first-order valence-electron chi connectivity index (χ1n) is 31.4. The highest BCUT2D eigenvalue weighted by Gasteiger charge is 2.38. The zero-order valence-corrected chi connectivity index (χ0v) is 57.1. The molecule has 25 N–H and O–H groups in total. The average molecular weight is 1410 g/mol. The number of rotatable bonds is 44. The second-order valence-electron chi connectivity index (χ2n) is 24.3. The topological polar surface area (TPSA) is 641 Å². The van der Waals surface area contributed by atoms with Gasteiger partial charge in [0.25, 0.3) is 0 Å². The summed E-state index contributed by atoms with van der Waals surface area (Å²) in [5.41, 5.74) is 5.58. The first-order chi connectivity index (χ1) is 45.6. The van der Waals surface area contributed by atoms with E-state index in [9.17, 15) is 118 Å². The maximum Gasteiger partial charge on any atom is 0.328 e. The Balaban J connectivity index is 5.71. The zero-order chi connectivity index (χ0) is 75.8. The van der Waals surface area contributed by atoms with Crippen molar-refractivity contribution in [3.63, 3.8) is 0 Å². The third-order valence-corrected chi connectivity index (χ3v) is 14.7. The number of carbonyl (C=O) groups is 16. The molecule has 0 spiro atoms. The Hall–Kier alpha value is -8.80. The Kier molecular flexibility index (Phi) is 40.2. The Morgan fingerprint density at radius 2 is 0.622 bits per heavy atom. The number of hydrogen-bond acceptors (Lipinski definition) is 24. The first kappa shape index (κ1) is 89.2. The van der Waals surface area contributed by atoms with E-state index in [4.69, 9.17) is 5.73 Å². The summed E-state index contributed by atoms with van der Waals surface area (Å²) in [6, 6.07) is -21.9. The third kappa shape index (κ3) is 30.7. The van der Waals surface area contributed by atoms with Crippen LogP contribution in [0.25, 0.3) is 0 Å². The van der Waals surface area contributed by atoms with Crippen molar-refractivity contribution in [1.29, 1.82) is 0 Å². The van der Waals surface area contributed by atoms with E-state index in [1.165, 1.54) is 34.6 Å². The number of amides is 15. The van der Waals surface area contributed by atoms with Crippen molar-refractivity contribution in [3.8, 4) is 0 Å². The summed E-state index contributed by atoms with van der Waals surface area (Å²) in [7, 11) is 0. The molecule has 98 heavy (non-hydrogen) atoms. The molecule has 0 aliphatic heterocycles. The summed E-state index contributed by atoms with van der Waals surface area (Å²) in [5, 5.41) is 112.